The van der Waals surface area contributed by atoms with Crippen molar-refractivity contribution in [2.45, 2.75) is 26.3 Å². The molecule has 0 unspecified atom stereocenters. The lowest BCUT2D eigenvalue weighted by Crippen LogP contribution is -2.24. The average molecular weight is 395 g/mol. The first-order chi connectivity index (χ1) is 13.5. The summed E-state index contributed by atoms with van der Waals surface area (Å²) < 4.78 is 15.8. The van der Waals surface area contributed by atoms with Crippen LogP contribution in [0.5, 0.6) is 0 Å². The average Bonchev–Trinajstić information content (AvgIpc) is 3.11. The topological polar surface area (TPSA) is 41.4 Å². The molecule has 0 aliphatic rings. The van der Waals surface area contributed by atoms with E-state index in [2.05, 4.69) is 41.8 Å². The van der Waals surface area contributed by atoms with Gasteiger partial charge in [-0.25, -0.2) is 4.39 Å². The number of hydrogen-bond donors (Lipinski definition) is 2. The van der Waals surface area contributed by atoms with Crippen LogP contribution in [0, 0.1) is 5.82 Å². The van der Waals surface area contributed by atoms with E-state index >= 15 is 0 Å². The summed E-state index contributed by atoms with van der Waals surface area (Å²) in [6.45, 7) is 4.75. The molecule has 28 heavy (non-hydrogen) atoms. The summed E-state index contributed by atoms with van der Waals surface area (Å²) in [7, 11) is 0. The molecule has 0 saturated heterocycles. The standard InChI is InChI=1S/C22H23FN4S/c1-16(2)17-9-11-19(12-10-17)25-22(28)26-24-14-20-7-5-13-27(20)15-18-6-3-4-8-21(18)23/h3-14,16H,15H2,1-2H3,(H2,25,26,28). The van der Waals surface area contributed by atoms with E-state index in [0.29, 0.717) is 23.1 Å². The molecule has 0 atom stereocenters. The van der Waals surface area contributed by atoms with Gasteiger partial charge >= 0.3 is 0 Å². The SMILES string of the molecule is CC(C)c1ccc(NC(=S)NN=Cc2cccn2Cc2ccccc2F)cc1. The molecule has 0 amide bonds. The molecule has 1 heterocycles. The molecule has 2 aromatic carbocycles. The Labute approximate surface area is 170 Å². The highest BCUT2D eigenvalue weighted by molar-refractivity contribution is 7.80. The van der Waals surface area contributed by atoms with Gasteiger partial charge in [-0.15, -0.1) is 0 Å². The Morgan fingerprint density at radius 1 is 1.11 bits per heavy atom. The van der Waals surface area contributed by atoms with E-state index in [-0.39, 0.29) is 5.82 Å². The number of halogens is 1. The van der Waals surface area contributed by atoms with Crippen LogP contribution in [0.15, 0.2) is 72.0 Å². The zero-order valence-electron chi connectivity index (χ0n) is 15.9. The van der Waals surface area contributed by atoms with Crippen LogP contribution in [0.2, 0.25) is 0 Å². The van der Waals surface area contributed by atoms with Gasteiger partial charge in [-0.3, -0.25) is 5.43 Å². The largest absolute Gasteiger partial charge is 0.342 e. The summed E-state index contributed by atoms with van der Waals surface area (Å²) in [5.41, 5.74) is 6.47. The predicted molar refractivity (Wildman–Crippen MR) is 117 cm³/mol. The van der Waals surface area contributed by atoms with Gasteiger partial charge < -0.3 is 9.88 Å². The quantitative estimate of drug-likeness (QED) is 0.346. The van der Waals surface area contributed by atoms with Crippen LogP contribution in [0.1, 0.15) is 36.6 Å². The molecule has 1 aromatic heterocycles. The summed E-state index contributed by atoms with van der Waals surface area (Å²) in [4.78, 5) is 0. The molecule has 144 valence electrons. The van der Waals surface area contributed by atoms with E-state index in [9.17, 15) is 4.39 Å². The fourth-order valence-electron chi connectivity index (χ4n) is 2.77. The van der Waals surface area contributed by atoms with Gasteiger partial charge in [0.2, 0.25) is 0 Å². The Morgan fingerprint density at radius 3 is 2.57 bits per heavy atom. The predicted octanol–water partition coefficient (Wildman–Crippen LogP) is 5.12. The fraction of sp³-hybridized carbons (Fsp3) is 0.182. The maximum absolute atomic E-state index is 13.9. The van der Waals surface area contributed by atoms with Crippen LogP contribution in [-0.4, -0.2) is 15.9 Å². The molecular weight excluding hydrogens is 371 g/mol. The molecule has 4 nitrogen and oxygen atoms in total. The molecule has 3 aromatic rings. The third-order valence-corrected chi connectivity index (χ3v) is 4.55. The van der Waals surface area contributed by atoms with Gasteiger partial charge in [0.05, 0.1) is 18.5 Å². The number of aromatic nitrogens is 1. The molecule has 0 radical (unpaired) electrons. The molecule has 0 fully saturated rings. The van der Waals surface area contributed by atoms with Gasteiger partial charge in [0.1, 0.15) is 5.82 Å². The van der Waals surface area contributed by atoms with E-state index < -0.39 is 0 Å². The number of hydrogen-bond acceptors (Lipinski definition) is 2. The summed E-state index contributed by atoms with van der Waals surface area (Å²) in [6.07, 6.45) is 3.55. The van der Waals surface area contributed by atoms with Gasteiger partial charge in [-0.2, -0.15) is 5.10 Å². The summed E-state index contributed by atoms with van der Waals surface area (Å²) in [6, 6.07) is 18.7. The zero-order valence-corrected chi connectivity index (χ0v) is 16.7. The highest BCUT2D eigenvalue weighted by Gasteiger charge is 2.04. The number of thiocarbonyl (C=S) groups is 1. The van der Waals surface area contributed by atoms with E-state index in [1.165, 1.54) is 11.6 Å². The molecular formula is C22H23FN4S. The Hall–Kier alpha value is -2.99. The lowest BCUT2D eigenvalue weighted by atomic mass is 10.0. The van der Waals surface area contributed by atoms with Gasteiger partial charge in [0.25, 0.3) is 0 Å². The molecule has 0 saturated carbocycles. The molecule has 2 N–H and O–H groups in total. The van der Waals surface area contributed by atoms with Crippen molar-refractivity contribution in [2.75, 3.05) is 5.32 Å². The number of nitrogens with one attached hydrogen (secondary N) is 2. The first-order valence-electron chi connectivity index (χ1n) is 9.11. The monoisotopic (exact) mass is 394 g/mol. The van der Waals surface area contributed by atoms with Crippen LogP contribution in [0.3, 0.4) is 0 Å². The maximum atomic E-state index is 13.9. The maximum Gasteiger partial charge on any atom is 0.191 e. The van der Waals surface area contributed by atoms with Crippen LogP contribution < -0.4 is 10.7 Å². The first kappa shape index (κ1) is 19.8. The third kappa shape index (κ3) is 5.27. The Balaban J connectivity index is 1.57. The number of benzene rings is 2. The molecule has 0 aliphatic carbocycles. The molecule has 0 bridgehead atoms. The minimum Gasteiger partial charge on any atom is -0.342 e. The van der Waals surface area contributed by atoms with E-state index in [0.717, 1.165) is 11.4 Å². The van der Waals surface area contributed by atoms with E-state index in [1.807, 2.05) is 41.1 Å². The van der Waals surface area contributed by atoms with Crippen molar-refractivity contribution in [3.63, 3.8) is 0 Å². The van der Waals surface area contributed by atoms with E-state index in [4.69, 9.17) is 12.2 Å². The number of anilines is 1. The van der Waals surface area contributed by atoms with Crippen molar-refractivity contribution < 1.29 is 4.39 Å². The minimum atomic E-state index is -0.217. The van der Waals surface area contributed by atoms with Crippen LogP contribution >= 0.6 is 12.2 Å². The van der Waals surface area contributed by atoms with Gasteiger partial charge in [-0.1, -0.05) is 44.2 Å². The van der Waals surface area contributed by atoms with Gasteiger partial charge in [0, 0.05) is 17.4 Å². The fourth-order valence-corrected chi connectivity index (χ4v) is 2.94. The number of rotatable bonds is 6. The summed E-state index contributed by atoms with van der Waals surface area (Å²) in [5.74, 6) is 0.274. The highest BCUT2D eigenvalue weighted by atomic mass is 32.1. The first-order valence-corrected chi connectivity index (χ1v) is 9.52. The smallest absolute Gasteiger partial charge is 0.191 e. The summed E-state index contributed by atoms with van der Waals surface area (Å²) >= 11 is 5.28. The minimum absolute atomic E-state index is 0.217. The molecule has 0 aliphatic heterocycles. The number of nitrogens with zero attached hydrogens (tertiary/aromatic N) is 2. The summed E-state index contributed by atoms with van der Waals surface area (Å²) in [5, 5.41) is 7.69. The highest BCUT2D eigenvalue weighted by Crippen LogP contribution is 2.17. The lowest BCUT2D eigenvalue weighted by molar-refractivity contribution is 0.599. The molecule has 3 rings (SSSR count). The van der Waals surface area contributed by atoms with Crippen LogP contribution in [-0.2, 0) is 6.54 Å². The second-order valence-corrected chi connectivity index (χ2v) is 7.16. The second kappa shape index (κ2) is 9.28. The Kier molecular flexibility index (Phi) is 6.55. The van der Waals surface area contributed by atoms with E-state index in [1.54, 1.807) is 18.3 Å². The van der Waals surface area contributed by atoms with Crippen molar-refractivity contribution >= 4 is 29.2 Å². The Bertz CT molecular complexity index is 961. The zero-order chi connectivity index (χ0) is 19.9. The van der Waals surface area contributed by atoms with Gasteiger partial charge in [0.15, 0.2) is 5.11 Å². The van der Waals surface area contributed by atoms with Crippen LogP contribution in [0.4, 0.5) is 10.1 Å². The number of hydrazone groups is 1. The van der Waals surface area contributed by atoms with Crippen molar-refractivity contribution in [2.24, 2.45) is 5.10 Å². The van der Waals surface area contributed by atoms with Crippen LogP contribution in [0.25, 0.3) is 0 Å². The second-order valence-electron chi connectivity index (χ2n) is 6.75. The van der Waals surface area contributed by atoms with Crippen molar-refractivity contribution in [1.29, 1.82) is 0 Å². The normalized spacial score (nSPS) is 11.1. The van der Waals surface area contributed by atoms with Crippen molar-refractivity contribution in [3.05, 3.63) is 89.5 Å². The molecule has 6 heteroatoms. The third-order valence-electron chi connectivity index (χ3n) is 4.36. The van der Waals surface area contributed by atoms with Crippen molar-refractivity contribution in [1.82, 2.24) is 9.99 Å². The Morgan fingerprint density at radius 2 is 1.86 bits per heavy atom. The lowest BCUT2D eigenvalue weighted by Gasteiger charge is -2.10. The van der Waals surface area contributed by atoms with Gasteiger partial charge in [-0.05, 0) is 54.0 Å². The van der Waals surface area contributed by atoms with Crippen molar-refractivity contribution in [3.8, 4) is 0 Å². The molecule has 0 spiro atoms.